The van der Waals surface area contributed by atoms with Crippen LogP contribution in [0.25, 0.3) is 11.0 Å². The topological polar surface area (TPSA) is 58.6 Å². The monoisotopic (exact) mass is 231 g/mol. The lowest BCUT2D eigenvalue weighted by Gasteiger charge is -2.03. The van der Waals surface area contributed by atoms with Gasteiger partial charge in [-0.05, 0) is 18.9 Å². The van der Waals surface area contributed by atoms with Crippen LogP contribution in [0, 0.1) is 6.92 Å². The lowest BCUT2D eigenvalue weighted by Crippen LogP contribution is -2.07. The number of nitrogens with zero attached hydrogens (tertiary/aromatic N) is 2. The number of aromatic amines is 1. The van der Waals surface area contributed by atoms with E-state index in [-0.39, 0.29) is 5.56 Å². The average Bonchev–Trinajstić information content (AvgIpc) is 2.28. The summed E-state index contributed by atoms with van der Waals surface area (Å²) in [6.07, 6.45) is 6.14. The Kier molecular flexibility index (Phi) is 3.52. The molecule has 4 nitrogen and oxygen atoms in total. The largest absolute Gasteiger partial charge is 0.306 e. The fourth-order valence-electron chi connectivity index (χ4n) is 1.88. The van der Waals surface area contributed by atoms with Gasteiger partial charge in [-0.15, -0.1) is 0 Å². The van der Waals surface area contributed by atoms with E-state index in [1.54, 1.807) is 12.3 Å². The highest BCUT2D eigenvalue weighted by Gasteiger charge is 2.03. The standard InChI is InChI=1S/C13H17N3O/c1-3-4-5-6-11-14-8-10-9(2)7-12(17)16-13(10)15-11/h7-8H,3-6H2,1-2H3,(H,14,15,16,17). The summed E-state index contributed by atoms with van der Waals surface area (Å²) in [5, 5.41) is 0.920. The molecule has 4 heteroatoms. The Morgan fingerprint density at radius 2 is 2.18 bits per heavy atom. The van der Waals surface area contributed by atoms with E-state index in [0.717, 1.165) is 29.6 Å². The molecule has 90 valence electrons. The highest BCUT2D eigenvalue weighted by Crippen LogP contribution is 2.11. The summed E-state index contributed by atoms with van der Waals surface area (Å²) in [5.74, 6) is 0.812. The van der Waals surface area contributed by atoms with Crippen LogP contribution in [0.1, 0.15) is 37.6 Å². The van der Waals surface area contributed by atoms with Gasteiger partial charge in [-0.1, -0.05) is 19.8 Å². The molecular formula is C13H17N3O. The maximum absolute atomic E-state index is 11.4. The van der Waals surface area contributed by atoms with Crippen molar-refractivity contribution in [3.8, 4) is 0 Å². The highest BCUT2D eigenvalue weighted by molar-refractivity contribution is 5.76. The fourth-order valence-corrected chi connectivity index (χ4v) is 1.88. The Balaban J connectivity index is 2.33. The van der Waals surface area contributed by atoms with Gasteiger partial charge in [-0.2, -0.15) is 0 Å². The quantitative estimate of drug-likeness (QED) is 0.822. The molecular weight excluding hydrogens is 214 g/mol. The molecule has 0 aliphatic carbocycles. The molecule has 17 heavy (non-hydrogen) atoms. The van der Waals surface area contributed by atoms with Gasteiger partial charge >= 0.3 is 0 Å². The SMILES string of the molecule is CCCCCc1ncc2c(C)cc(=O)[nH]c2n1. The molecule has 2 aromatic heterocycles. The van der Waals surface area contributed by atoms with Crippen LogP contribution in [-0.2, 0) is 6.42 Å². The summed E-state index contributed by atoms with van der Waals surface area (Å²) < 4.78 is 0. The van der Waals surface area contributed by atoms with E-state index < -0.39 is 0 Å². The number of rotatable bonds is 4. The summed E-state index contributed by atoms with van der Waals surface area (Å²) in [7, 11) is 0. The zero-order valence-electron chi connectivity index (χ0n) is 10.3. The van der Waals surface area contributed by atoms with Gasteiger partial charge < -0.3 is 4.98 Å². The van der Waals surface area contributed by atoms with Crippen LogP contribution in [0.15, 0.2) is 17.1 Å². The van der Waals surface area contributed by atoms with Crippen LogP contribution in [0.4, 0.5) is 0 Å². The van der Waals surface area contributed by atoms with E-state index in [9.17, 15) is 4.79 Å². The lowest BCUT2D eigenvalue weighted by molar-refractivity contribution is 0.695. The molecule has 1 N–H and O–H groups in total. The smallest absolute Gasteiger partial charge is 0.249 e. The van der Waals surface area contributed by atoms with E-state index in [0.29, 0.717) is 5.65 Å². The van der Waals surface area contributed by atoms with Gasteiger partial charge in [-0.3, -0.25) is 4.79 Å². The Morgan fingerprint density at radius 3 is 2.94 bits per heavy atom. The molecule has 0 fully saturated rings. The minimum Gasteiger partial charge on any atom is -0.306 e. The van der Waals surface area contributed by atoms with E-state index in [4.69, 9.17) is 0 Å². The van der Waals surface area contributed by atoms with Crippen LogP contribution in [0.3, 0.4) is 0 Å². The zero-order chi connectivity index (χ0) is 12.3. The highest BCUT2D eigenvalue weighted by atomic mass is 16.1. The van der Waals surface area contributed by atoms with Gasteiger partial charge in [-0.25, -0.2) is 9.97 Å². The Bertz CT molecular complexity index is 574. The first-order valence-corrected chi connectivity index (χ1v) is 6.06. The molecule has 0 aromatic carbocycles. The van der Waals surface area contributed by atoms with Gasteiger partial charge in [0, 0.05) is 24.1 Å². The Hall–Kier alpha value is -1.71. The number of unbranched alkanes of at least 4 members (excludes halogenated alkanes) is 2. The summed E-state index contributed by atoms with van der Waals surface area (Å²) >= 11 is 0. The van der Waals surface area contributed by atoms with Crippen LogP contribution in [0.5, 0.6) is 0 Å². The molecule has 0 amide bonds. The summed E-state index contributed by atoms with van der Waals surface area (Å²) in [4.78, 5) is 22.9. The molecule has 2 aromatic rings. The van der Waals surface area contributed by atoms with E-state index in [1.807, 2.05) is 6.92 Å². The predicted octanol–water partition coefficient (Wildman–Crippen LogP) is 2.36. The van der Waals surface area contributed by atoms with Crippen molar-refractivity contribution >= 4 is 11.0 Å². The fraction of sp³-hybridized carbons (Fsp3) is 0.462. The van der Waals surface area contributed by atoms with Crippen molar-refractivity contribution in [2.45, 2.75) is 39.5 Å². The second-order valence-corrected chi connectivity index (χ2v) is 4.32. The van der Waals surface area contributed by atoms with Crippen LogP contribution in [0.2, 0.25) is 0 Å². The third-order valence-corrected chi connectivity index (χ3v) is 2.86. The van der Waals surface area contributed by atoms with Gasteiger partial charge in [0.05, 0.1) is 0 Å². The molecule has 0 unspecified atom stereocenters. The molecule has 0 saturated heterocycles. The van der Waals surface area contributed by atoms with Crippen LogP contribution >= 0.6 is 0 Å². The van der Waals surface area contributed by atoms with E-state index in [1.165, 1.54) is 12.8 Å². The first kappa shape index (κ1) is 11.8. The lowest BCUT2D eigenvalue weighted by atomic mass is 10.2. The molecule has 0 bridgehead atoms. The van der Waals surface area contributed by atoms with Crippen molar-refractivity contribution in [1.29, 1.82) is 0 Å². The van der Waals surface area contributed by atoms with Crippen LogP contribution in [-0.4, -0.2) is 15.0 Å². The number of hydrogen-bond acceptors (Lipinski definition) is 3. The average molecular weight is 231 g/mol. The van der Waals surface area contributed by atoms with Crippen molar-refractivity contribution < 1.29 is 0 Å². The molecule has 2 rings (SSSR count). The van der Waals surface area contributed by atoms with E-state index in [2.05, 4.69) is 21.9 Å². The molecule has 2 heterocycles. The van der Waals surface area contributed by atoms with Gasteiger partial charge in [0.1, 0.15) is 11.5 Å². The number of aryl methyl sites for hydroxylation is 2. The minimum absolute atomic E-state index is 0.104. The second-order valence-electron chi connectivity index (χ2n) is 4.32. The molecule has 0 saturated carbocycles. The maximum Gasteiger partial charge on any atom is 0.249 e. The predicted molar refractivity (Wildman–Crippen MR) is 68.1 cm³/mol. The van der Waals surface area contributed by atoms with Crippen molar-refractivity contribution in [1.82, 2.24) is 15.0 Å². The third-order valence-electron chi connectivity index (χ3n) is 2.86. The number of nitrogens with one attached hydrogen (secondary N) is 1. The molecule has 0 atom stereocenters. The van der Waals surface area contributed by atoms with Crippen molar-refractivity contribution in [3.63, 3.8) is 0 Å². The molecule has 0 radical (unpaired) electrons. The zero-order valence-corrected chi connectivity index (χ0v) is 10.3. The number of fused-ring (bicyclic) bond motifs is 1. The Morgan fingerprint density at radius 1 is 1.35 bits per heavy atom. The third kappa shape index (κ3) is 2.70. The van der Waals surface area contributed by atoms with Crippen molar-refractivity contribution in [2.75, 3.05) is 0 Å². The molecule has 0 aliphatic rings. The number of hydrogen-bond donors (Lipinski definition) is 1. The first-order chi connectivity index (χ1) is 8.20. The van der Waals surface area contributed by atoms with E-state index >= 15 is 0 Å². The van der Waals surface area contributed by atoms with Crippen molar-refractivity contribution in [3.05, 3.63) is 34.0 Å². The number of pyridine rings is 1. The van der Waals surface area contributed by atoms with Gasteiger partial charge in [0.15, 0.2) is 0 Å². The normalized spacial score (nSPS) is 10.9. The summed E-state index contributed by atoms with van der Waals surface area (Å²) in [6, 6.07) is 1.57. The summed E-state index contributed by atoms with van der Waals surface area (Å²) in [5.41, 5.74) is 1.47. The minimum atomic E-state index is -0.104. The summed E-state index contributed by atoms with van der Waals surface area (Å²) in [6.45, 7) is 4.07. The van der Waals surface area contributed by atoms with Crippen LogP contribution < -0.4 is 5.56 Å². The number of H-pyrrole nitrogens is 1. The second kappa shape index (κ2) is 5.08. The first-order valence-electron chi connectivity index (χ1n) is 6.06. The Labute approximate surface area is 100 Å². The molecule has 0 spiro atoms. The molecule has 0 aliphatic heterocycles. The maximum atomic E-state index is 11.4. The number of aromatic nitrogens is 3. The van der Waals surface area contributed by atoms with Crippen molar-refractivity contribution in [2.24, 2.45) is 0 Å². The van der Waals surface area contributed by atoms with Gasteiger partial charge in [0.2, 0.25) is 5.56 Å². The van der Waals surface area contributed by atoms with Gasteiger partial charge in [0.25, 0.3) is 0 Å².